The largest absolute Gasteiger partial charge is 0.399 e. The van der Waals surface area contributed by atoms with Crippen molar-refractivity contribution in [1.82, 2.24) is 20.1 Å². The highest BCUT2D eigenvalue weighted by atomic mass is 19.1. The van der Waals surface area contributed by atoms with Crippen molar-refractivity contribution in [1.29, 1.82) is 0 Å². The van der Waals surface area contributed by atoms with Gasteiger partial charge in [-0.15, -0.1) is 10.2 Å². The van der Waals surface area contributed by atoms with E-state index in [0.717, 1.165) is 6.07 Å². The van der Waals surface area contributed by atoms with Gasteiger partial charge in [-0.3, -0.25) is 4.79 Å². The third-order valence-corrected chi connectivity index (χ3v) is 2.72. The second-order valence-electron chi connectivity index (χ2n) is 4.23. The van der Waals surface area contributed by atoms with Crippen LogP contribution in [0.5, 0.6) is 0 Å². The van der Waals surface area contributed by atoms with Crippen molar-refractivity contribution < 1.29 is 9.18 Å². The van der Waals surface area contributed by atoms with Crippen molar-refractivity contribution in [2.24, 2.45) is 7.05 Å². The highest BCUT2D eigenvalue weighted by Gasteiger charge is 2.17. The van der Waals surface area contributed by atoms with Gasteiger partial charge in [-0.1, -0.05) is 0 Å². The third kappa shape index (κ3) is 2.70. The van der Waals surface area contributed by atoms with Crippen LogP contribution >= 0.6 is 0 Å². The molecule has 19 heavy (non-hydrogen) atoms. The second-order valence-corrected chi connectivity index (χ2v) is 4.23. The van der Waals surface area contributed by atoms with Crippen LogP contribution in [0.3, 0.4) is 0 Å². The number of anilines is 1. The summed E-state index contributed by atoms with van der Waals surface area (Å²) in [6.45, 7) is 1.75. The summed E-state index contributed by atoms with van der Waals surface area (Å²) < 4.78 is 15.3. The standard InChI is InChI=1S/C12H14FN5O/c1-7(11-17-15-6-18(11)2)16-12(19)9-4-3-8(14)5-10(9)13/h3-7H,14H2,1-2H3,(H,16,19). The van der Waals surface area contributed by atoms with E-state index in [0.29, 0.717) is 5.82 Å². The number of carbonyl (C=O) groups excluding carboxylic acids is 1. The highest BCUT2D eigenvalue weighted by Crippen LogP contribution is 2.14. The van der Waals surface area contributed by atoms with Gasteiger partial charge in [0.1, 0.15) is 12.1 Å². The molecular formula is C12H14FN5O. The smallest absolute Gasteiger partial charge is 0.254 e. The quantitative estimate of drug-likeness (QED) is 0.810. The maximum atomic E-state index is 13.6. The van der Waals surface area contributed by atoms with Crippen molar-refractivity contribution in [3.05, 3.63) is 41.7 Å². The third-order valence-electron chi connectivity index (χ3n) is 2.72. The average molecular weight is 263 g/mol. The zero-order valence-electron chi connectivity index (χ0n) is 10.6. The van der Waals surface area contributed by atoms with Crippen LogP contribution < -0.4 is 11.1 Å². The number of nitrogens with two attached hydrogens (primary N) is 1. The first-order valence-corrected chi connectivity index (χ1v) is 5.69. The molecule has 0 fully saturated rings. The molecule has 2 rings (SSSR count). The topological polar surface area (TPSA) is 85.8 Å². The summed E-state index contributed by atoms with van der Waals surface area (Å²) in [5.41, 5.74) is 5.65. The first-order chi connectivity index (χ1) is 8.99. The Kier molecular flexibility index (Phi) is 3.46. The number of carbonyl (C=O) groups is 1. The molecule has 100 valence electrons. The molecule has 7 heteroatoms. The number of aromatic nitrogens is 3. The molecule has 0 radical (unpaired) electrons. The molecule has 3 N–H and O–H groups in total. The van der Waals surface area contributed by atoms with Gasteiger partial charge in [-0.05, 0) is 25.1 Å². The number of nitrogens with one attached hydrogen (secondary N) is 1. The minimum absolute atomic E-state index is 0.0526. The van der Waals surface area contributed by atoms with E-state index >= 15 is 0 Å². The Morgan fingerprint density at radius 2 is 2.26 bits per heavy atom. The Morgan fingerprint density at radius 1 is 1.53 bits per heavy atom. The highest BCUT2D eigenvalue weighted by molar-refractivity contribution is 5.95. The van der Waals surface area contributed by atoms with Crippen molar-refractivity contribution >= 4 is 11.6 Å². The molecule has 1 amide bonds. The van der Waals surface area contributed by atoms with Crippen molar-refractivity contribution in [3.63, 3.8) is 0 Å². The van der Waals surface area contributed by atoms with Crippen LogP contribution in [0.4, 0.5) is 10.1 Å². The lowest BCUT2D eigenvalue weighted by molar-refractivity contribution is 0.0933. The molecule has 1 unspecified atom stereocenters. The first-order valence-electron chi connectivity index (χ1n) is 5.69. The molecule has 0 saturated heterocycles. The van der Waals surface area contributed by atoms with Gasteiger partial charge >= 0.3 is 0 Å². The van der Waals surface area contributed by atoms with Crippen molar-refractivity contribution in [3.8, 4) is 0 Å². The molecule has 0 aliphatic carbocycles. The van der Waals surface area contributed by atoms with Gasteiger partial charge in [0, 0.05) is 12.7 Å². The number of rotatable bonds is 3. The summed E-state index contributed by atoms with van der Waals surface area (Å²) in [6.07, 6.45) is 1.53. The number of amides is 1. The predicted octanol–water partition coefficient (Wildman–Crippen LogP) is 1.03. The molecule has 0 bridgehead atoms. The molecule has 0 aliphatic rings. The molecule has 1 aromatic heterocycles. The van der Waals surface area contributed by atoms with Crippen LogP contribution in [0.2, 0.25) is 0 Å². The van der Waals surface area contributed by atoms with Crippen LogP contribution in [0.25, 0.3) is 0 Å². The minimum atomic E-state index is -0.650. The minimum Gasteiger partial charge on any atom is -0.399 e. The number of nitrogen functional groups attached to an aromatic ring is 1. The number of aryl methyl sites for hydroxylation is 1. The predicted molar refractivity (Wildman–Crippen MR) is 67.7 cm³/mol. The summed E-state index contributed by atoms with van der Waals surface area (Å²) in [6, 6.07) is 3.56. The van der Waals surface area contributed by atoms with Gasteiger partial charge in [0.2, 0.25) is 0 Å². The number of halogens is 1. The lowest BCUT2D eigenvalue weighted by Crippen LogP contribution is -2.29. The first kappa shape index (κ1) is 13.0. The number of benzene rings is 1. The Labute approximate surface area is 109 Å². The fourth-order valence-electron chi connectivity index (χ4n) is 1.74. The zero-order chi connectivity index (χ0) is 14.0. The van der Waals surface area contributed by atoms with Crippen LogP contribution in [0.1, 0.15) is 29.1 Å². The number of hydrogen-bond acceptors (Lipinski definition) is 4. The molecule has 2 aromatic rings. The Balaban J connectivity index is 2.15. The van der Waals surface area contributed by atoms with E-state index in [-0.39, 0.29) is 17.3 Å². The second kappa shape index (κ2) is 5.05. The van der Waals surface area contributed by atoms with E-state index in [1.807, 2.05) is 0 Å². The van der Waals surface area contributed by atoms with E-state index in [1.54, 1.807) is 18.5 Å². The van der Waals surface area contributed by atoms with Crippen LogP contribution in [0, 0.1) is 5.82 Å². The summed E-state index contributed by atoms with van der Waals surface area (Å²) in [4.78, 5) is 11.9. The molecule has 1 atom stereocenters. The van der Waals surface area contributed by atoms with Gasteiger partial charge in [0.15, 0.2) is 5.82 Å². The maximum Gasteiger partial charge on any atom is 0.254 e. The summed E-state index contributed by atoms with van der Waals surface area (Å²) in [5, 5.41) is 10.3. The Morgan fingerprint density at radius 3 is 2.84 bits per heavy atom. The lowest BCUT2D eigenvalue weighted by Gasteiger charge is -2.13. The normalized spacial score (nSPS) is 12.2. The van der Waals surface area contributed by atoms with Gasteiger partial charge in [0.25, 0.3) is 5.91 Å². The summed E-state index contributed by atoms with van der Waals surface area (Å²) in [5.74, 6) is -0.583. The van der Waals surface area contributed by atoms with E-state index in [2.05, 4.69) is 15.5 Å². The van der Waals surface area contributed by atoms with Crippen molar-refractivity contribution in [2.75, 3.05) is 5.73 Å². The molecule has 6 nitrogen and oxygen atoms in total. The molecule has 1 aromatic carbocycles. The van der Waals surface area contributed by atoms with Crippen molar-refractivity contribution in [2.45, 2.75) is 13.0 Å². The SMILES string of the molecule is CC(NC(=O)c1ccc(N)cc1F)c1nncn1C. The Hall–Kier alpha value is -2.44. The van der Waals surface area contributed by atoms with Gasteiger partial charge in [-0.25, -0.2) is 4.39 Å². The number of hydrogen-bond donors (Lipinski definition) is 2. The number of nitrogens with zero attached hydrogens (tertiary/aromatic N) is 3. The average Bonchev–Trinajstić information content (AvgIpc) is 2.75. The van der Waals surface area contributed by atoms with Crippen LogP contribution in [-0.4, -0.2) is 20.7 Å². The molecule has 0 aliphatic heterocycles. The summed E-state index contributed by atoms with van der Waals surface area (Å²) in [7, 11) is 1.77. The molecular weight excluding hydrogens is 249 g/mol. The Bertz CT molecular complexity index is 610. The van der Waals surface area contributed by atoms with E-state index in [9.17, 15) is 9.18 Å². The van der Waals surface area contributed by atoms with Crippen LogP contribution in [0.15, 0.2) is 24.5 Å². The zero-order valence-corrected chi connectivity index (χ0v) is 10.6. The van der Waals surface area contributed by atoms with E-state index in [1.165, 1.54) is 18.5 Å². The maximum absolute atomic E-state index is 13.6. The monoisotopic (exact) mass is 263 g/mol. The van der Waals surface area contributed by atoms with Gasteiger partial charge in [0.05, 0.1) is 11.6 Å². The van der Waals surface area contributed by atoms with E-state index in [4.69, 9.17) is 5.73 Å². The lowest BCUT2D eigenvalue weighted by atomic mass is 10.1. The van der Waals surface area contributed by atoms with Gasteiger partial charge in [-0.2, -0.15) is 0 Å². The fourth-order valence-corrected chi connectivity index (χ4v) is 1.74. The molecule has 1 heterocycles. The van der Waals surface area contributed by atoms with E-state index < -0.39 is 11.7 Å². The van der Waals surface area contributed by atoms with Gasteiger partial charge < -0.3 is 15.6 Å². The molecule has 0 saturated carbocycles. The molecule has 0 spiro atoms. The fraction of sp³-hybridized carbons (Fsp3) is 0.250. The van der Waals surface area contributed by atoms with Crippen LogP contribution in [-0.2, 0) is 7.05 Å². The summed E-state index contributed by atoms with van der Waals surface area (Å²) >= 11 is 0.